The van der Waals surface area contributed by atoms with Gasteiger partial charge in [-0.3, -0.25) is 0 Å². The smallest absolute Gasteiger partial charge is 0.341 e. The lowest BCUT2D eigenvalue weighted by Crippen LogP contribution is -2.28. The summed E-state index contributed by atoms with van der Waals surface area (Å²) in [6.07, 6.45) is -0.333. The van der Waals surface area contributed by atoms with Gasteiger partial charge in [0.2, 0.25) is 12.0 Å². The molecule has 1 heterocycles. The highest BCUT2D eigenvalue weighted by atomic mass is 16.6. The van der Waals surface area contributed by atoms with Crippen molar-refractivity contribution in [2.45, 2.75) is 19.1 Å². The maximum Gasteiger partial charge on any atom is 0.341 e. The van der Waals surface area contributed by atoms with Crippen LogP contribution in [0.5, 0.6) is 17.2 Å². The monoisotopic (exact) mass is 344 g/mol. The van der Waals surface area contributed by atoms with Crippen molar-refractivity contribution in [3.63, 3.8) is 0 Å². The van der Waals surface area contributed by atoms with E-state index >= 15 is 0 Å². The van der Waals surface area contributed by atoms with Gasteiger partial charge in [-0.15, -0.1) is 0 Å². The Morgan fingerprint density at radius 2 is 1.88 bits per heavy atom. The third kappa shape index (κ3) is 3.53. The van der Waals surface area contributed by atoms with E-state index in [1.165, 1.54) is 14.2 Å². The summed E-state index contributed by atoms with van der Waals surface area (Å²) in [6, 6.07) is 11.5. The molecule has 1 aliphatic heterocycles. The summed E-state index contributed by atoms with van der Waals surface area (Å²) in [7, 11) is 2.99. The molecule has 132 valence electrons. The van der Waals surface area contributed by atoms with Crippen LogP contribution in [0.3, 0.4) is 0 Å². The van der Waals surface area contributed by atoms with E-state index in [-0.39, 0.29) is 6.42 Å². The third-order valence-electron chi connectivity index (χ3n) is 4.05. The molecule has 0 spiro atoms. The number of esters is 1. The van der Waals surface area contributed by atoms with Gasteiger partial charge in [0.1, 0.15) is 0 Å². The first-order valence-electron chi connectivity index (χ1n) is 7.97. The molecule has 1 aliphatic rings. The molecule has 1 unspecified atom stereocenters. The predicted molar refractivity (Wildman–Crippen MR) is 90.3 cm³/mol. The number of carbonyl (C=O) groups is 1. The van der Waals surface area contributed by atoms with Crippen molar-refractivity contribution >= 4 is 5.97 Å². The topological polar surface area (TPSA) is 74.2 Å². The minimum Gasteiger partial charge on any atom is -0.492 e. The van der Waals surface area contributed by atoms with Crippen LogP contribution in [0.2, 0.25) is 0 Å². The highest BCUT2D eigenvalue weighted by Gasteiger charge is 2.32. The number of rotatable bonds is 6. The zero-order valence-electron chi connectivity index (χ0n) is 14.2. The summed E-state index contributed by atoms with van der Waals surface area (Å²) in [4.78, 5) is 12.1. The van der Waals surface area contributed by atoms with Gasteiger partial charge in [0.25, 0.3) is 0 Å². The van der Waals surface area contributed by atoms with Gasteiger partial charge in [0.15, 0.2) is 11.5 Å². The molecule has 0 saturated heterocycles. The zero-order chi connectivity index (χ0) is 17.8. The van der Waals surface area contributed by atoms with Crippen molar-refractivity contribution in [1.82, 2.24) is 0 Å². The van der Waals surface area contributed by atoms with Gasteiger partial charge in [-0.05, 0) is 11.6 Å². The largest absolute Gasteiger partial charge is 0.492 e. The second kappa shape index (κ2) is 7.44. The third-order valence-corrected chi connectivity index (χ3v) is 4.05. The van der Waals surface area contributed by atoms with Crippen LogP contribution in [0.15, 0.2) is 36.4 Å². The van der Waals surface area contributed by atoms with Crippen LogP contribution < -0.4 is 14.2 Å². The highest BCUT2D eigenvalue weighted by Crippen LogP contribution is 2.44. The molecule has 3 rings (SSSR count). The summed E-state index contributed by atoms with van der Waals surface area (Å²) in [5.41, 5.74) is 2.02. The van der Waals surface area contributed by atoms with Gasteiger partial charge in [-0.1, -0.05) is 30.3 Å². The van der Waals surface area contributed by atoms with Gasteiger partial charge < -0.3 is 24.1 Å². The fourth-order valence-corrected chi connectivity index (χ4v) is 2.88. The first kappa shape index (κ1) is 17.1. The van der Waals surface area contributed by atoms with Crippen molar-refractivity contribution in [2.75, 3.05) is 20.8 Å². The molecule has 2 aromatic rings. The minimum absolute atomic E-state index is 0.144. The number of cyclic esters (lactones) is 1. The molecule has 0 bridgehead atoms. The molecule has 0 radical (unpaired) electrons. The normalized spacial score (nSPS) is 16.0. The Balaban J connectivity index is 1.88. The van der Waals surface area contributed by atoms with Crippen molar-refractivity contribution in [3.8, 4) is 17.2 Å². The van der Waals surface area contributed by atoms with E-state index in [0.29, 0.717) is 41.4 Å². The molecule has 1 atom stereocenters. The van der Waals surface area contributed by atoms with Crippen molar-refractivity contribution in [3.05, 3.63) is 53.1 Å². The van der Waals surface area contributed by atoms with E-state index < -0.39 is 12.3 Å². The molecular weight excluding hydrogens is 324 g/mol. The highest BCUT2D eigenvalue weighted by molar-refractivity contribution is 5.94. The molecular formula is C19H20O6. The number of fused-ring (bicyclic) bond motifs is 1. The van der Waals surface area contributed by atoms with E-state index in [9.17, 15) is 9.90 Å². The molecule has 0 fully saturated rings. The van der Waals surface area contributed by atoms with Gasteiger partial charge in [-0.25, -0.2) is 4.79 Å². The maximum atomic E-state index is 12.1. The fourth-order valence-electron chi connectivity index (χ4n) is 2.88. The second-order valence-corrected chi connectivity index (χ2v) is 5.62. The van der Waals surface area contributed by atoms with Gasteiger partial charge in [0.05, 0.1) is 26.4 Å². The average molecular weight is 344 g/mol. The Hall–Kier alpha value is -2.73. The molecule has 2 aromatic carbocycles. The SMILES string of the molecule is COc1c(OCCc2ccccc2)cc2c(c1OC)CC(O)OC2=O. The maximum absolute atomic E-state index is 12.1. The lowest BCUT2D eigenvalue weighted by Gasteiger charge is -2.25. The van der Waals surface area contributed by atoms with Crippen LogP contribution in [0.4, 0.5) is 0 Å². The van der Waals surface area contributed by atoms with Crippen molar-refractivity contribution in [2.24, 2.45) is 0 Å². The fraction of sp³-hybridized carbons (Fsp3) is 0.316. The lowest BCUT2D eigenvalue weighted by molar-refractivity contribution is -0.0691. The summed E-state index contributed by atoms with van der Waals surface area (Å²) in [5.74, 6) is 0.576. The van der Waals surface area contributed by atoms with Crippen LogP contribution in [0, 0.1) is 0 Å². The van der Waals surface area contributed by atoms with Crippen LogP contribution >= 0.6 is 0 Å². The molecule has 6 nitrogen and oxygen atoms in total. The predicted octanol–water partition coefficient (Wildman–Crippen LogP) is 2.36. The van der Waals surface area contributed by atoms with E-state index in [4.69, 9.17) is 18.9 Å². The first-order chi connectivity index (χ1) is 12.1. The lowest BCUT2D eigenvalue weighted by atomic mass is 9.99. The Labute approximate surface area is 145 Å². The minimum atomic E-state index is -1.19. The standard InChI is InChI=1S/C19H20O6/c1-22-17-13-11-16(20)25-19(21)14(13)10-15(18(17)23-2)24-9-8-12-6-4-3-5-7-12/h3-7,10,16,20H,8-9,11H2,1-2H3. The molecule has 25 heavy (non-hydrogen) atoms. The molecule has 1 N–H and O–H groups in total. The van der Waals surface area contributed by atoms with Crippen LogP contribution in [-0.2, 0) is 17.6 Å². The molecule has 0 aromatic heterocycles. The second-order valence-electron chi connectivity index (χ2n) is 5.62. The zero-order valence-corrected chi connectivity index (χ0v) is 14.2. The number of benzene rings is 2. The molecule has 0 amide bonds. The Morgan fingerprint density at radius 3 is 2.56 bits per heavy atom. The number of ether oxygens (including phenoxy) is 4. The summed E-state index contributed by atoms with van der Waals surface area (Å²) >= 11 is 0. The van der Waals surface area contributed by atoms with Crippen LogP contribution in [-0.4, -0.2) is 38.2 Å². The summed E-state index contributed by atoms with van der Waals surface area (Å²) in [5, 5.41) is 9.68. The van der Waals surface area contributed by atoms with Crippen molar-refractivity contribution in [1.29, 1.82) is 0 Å². The van der Waals surface area contributed by atoms with Crippen molar-refractivity contribution < 1.29 is 28.8 Å². The van der Waals surface area contributed by atoms with E-state index in [2.05, 4.69) is 0 Å². The number of carbonyl (C=O) groups excluding carboxylic acids is 1. The first-order valence-corrected chi connectivity index (χ1v) is 7.97. The quantitative estimate of drug-likeness (QED) is 0.811. The van der Waals surface area contributed by atoms with Gasteiger partial charge in [-0.2, -0.15) is 0 Å². The summed E-state index contributed by atoms with van der Waals surface area (Å²) < 4.78 is 21.6. The van der Waals surface area contributed by atoms with Gasteiger partial charge in [0, 0.05) is 18.4 Å². The number of hydrogen-bond acceptors (Lipinski definition) is 6. The number of methoxy groups -OCH3 is 2. The Morgan fingerprint density at radius 1 is 1.16 bits per heavy atom. The molecule has 0 aliphatic carbocycles. The van der Waals surface area contributed by atoms with Crippen LogP contribution in [0.1, 0.15) is 21.5 Å². The Bertz CT molecular complexity index is 756. The van der Waals surface area contributed by atoms with E-state index in [0.717, 1.165) is 5.56 Å². The van der Waals surface area contributed by atoms with Gasteiger partial charge >= 0.3 is 5.97 Å². The summed E-state index contributed by atoms with van der Waals surface area (Å²) in [6.45, 7) is 0.417. The average Bonchev–Trinajstić information content (AvgIpc) is 2.62. The molecule has 6 heteroatoms. The molecule has 0 saturated carbocycles. The Kier molecular flexibility index (Phi) is 5.09. The number of aliphatic hydroxyl groups excluding tert-OH is 1. The number of hydrogen-bond donors (Lipinski definition) is 1. The number of aliphatic hydroxyl groups is 1. The van der Waals surface area contributed by atoms with E-state index in [1.54, 1.807) is 6.07 Å². The van der Waals surface area contributed by atoms with E-state index in [1.807, 2.05) is 30.3 Å². The van der Waals surface area contributed by atoms with Crippen LogP contribution in [0.25, 0.3) is 0 Å².